The average molecular weight is 407 g/mol. The van der Waals surface area contributed by atoms with Crippen LogP contribution in [0.25, 0.3) is 10.9 Å². The Hall–Kier alpha value is -2.66. The molecule has 0 atom stereocenters. The van der Waals surface area contributed by atoms with E-state index in [2.05, 4.69) is 60.2 Å². The molecular formula is C25H34N4O. The van der Waals surface area contributed by atoms with E-state index in [0.29, 0.717) is 6.42 Å². The first-order valence-electron chi connectivity index (χ1n) is 11.1. The minimum atomic E-state index is 0.228. The molecule has 2 N–H and O–H groups in total. The molecule has 3 aromatic rings. The number of unbranched alkanes of at least 4 members (excludes halogenated alkanes) is 2. The molecule has 1 aromatic heterocycles. The maximum Gasteiger partial charge on any atom is 0.133 e. The summed E-state index contributed by atoms with van der Waals surface area (Å²) in [6.45, 7) is 10.8. The first-order valence-corrected chi connectivity index (χ1v) is 11.1. The van der Waals surface area contributed by atoms with E-state index in [4.69, 9.17) is 4.98 Å². The van der Waals surface area contributed by atoms with Gasteiger partial charge in [-0.15, -0.1) is 0 Å². The van der Waals surface area contributed by atoms with Gasteiger partial charge in [-0.25, -0.2) is 9.97 Å². The standard InChI is InChI=1S/C25H34N4O/c1-4-29(5-2)13-8-6-7-12-26-23-16-21(30)17-24-22(23)18-27-25(28-24)15-20-11-9-10-19(3)14-20/h9-11,14,16-18,26,30H,4-8,12-13,15H2,1-3H3. The summed E-state index contributed by atoms with van der Waals surface area (Å²) >= 11 is 0. The first-order chi connectivity index (χ1) is 14.6. The van der Waals surface area contributed by atoms with Gasteiger partial charge in [-0.3, -0.25) is 0 Å². The van der Waals surface area contributed by atoms with Crippen LogP contribution in [-0.2, 0) is 6.42 Å². The third-order valence-electron chi connectivity index (χ3n) is 5.54. The summed E-state index contributed by atoms with van der Waals surface area (Å²) in [7, 11) is 0. The summed E-state index contributed by atoms with van der Waals surface area (Å²) < 4.78 is 0. The Labute approximate surface area is 180 Å². The van der Waals surface area contributed by atoms with Crippen LogP contribution in [0.2, 0.25) is 0 Å². The number of hydrogen-bond donors (Lipinski definition) is 2. The fourth-order valence-electron chi connectivity index (χ4n) is 3.79. The molecule has 0 saturated carbocycles. The summed E-state index contributed by atoms with van der Waals surface area (Å²) in [6, 6.07) is 11.9. The van der Waals surface area contributed by atoms with Crippen molar-refractivity contribution in [3.05, 3.63) is 59.5 Å². The fourth-order valence-corrected chi connectivity index (χ4v) is 3.79. The van der Waals surface area contributed by atoms with Gasteiger partial charge in [0.1, 0.15) is 11.6 Å². The zero-order valence-corrected chi connectivity index (χ0v) is 18.5. The second-order valence-electron chi connectivity index (χ2n) is 7.89. The number of hydrogen-bond acceptors (Lipinski definition) is 5. The number of phenolic OH excluding ortho intramolecular Hbond substituents is 1. The molecule has 0 unspecified atom stereocenters. The van der Waals surface area contributed by atoms with Gasteiger partial charge in [0.05, 0.1) is 5.52 Å². The van der Waals surface area contributed by atoms with E-state index in [1.165, 1.54) is 30.5 Å². The van der Waals surface area contributed by atoms with Crippen molar-refractivity contribution < 1.29 is 5.11 Å². The van der Waals surface area contributed by atoms with Gasteiger partial charge in [0.2, 0.25) is 0 Å². The molecule has 0 bridgehead atoms. The summed E-state index contributed by atoms with van der Waals surface area (Å²) in [4.78, 5) is 11.7. The Bertz CT molecular complexity index is 953. The summed E-state index contributed by atoms with van der Waals surface area (Å²) in [5.41, 5.74) is 4.10. The smallest absolute Gasteiger partial charge is 0.133 e. The molecule has 2 aromatic carbocycles. The molecule has 0 spiro atoms. The van der Waals surface area contributed by atoms with E-state index in [9.17, 15) is 5.11 Å². The SMILES string of the molecule is CCN(CC)CCCCCNc1cc(O)cc2nc(Cc3cccc(C)c3)ncc12. The van der Waals surface area contributed by atoms with E-state index in [-0.39, 0.29) is 5.75 Å². The van der Waals surface area contributed by atoms with Crippen molar-refractivity contribution in [2.75, 3.05) is 31.5 Å². The monoisotopic (exact) mass is 406 g/mol. The third-order valence-corrected chi connectivity index (χ3v) is 5.54. The maximum absolute atomic E-state index is 10.2. The molecule has 0 saturated heterocycles. The topological polar surface area (TPSA) is 61.3 Å². The first kappa shape index (κ1) is 22.0. The molecule has 30 heavy (non-hydrogen) atoms. The van der Waals surface area contributed by atoms with Crippen LogP contribution < -0.4 is 5.32 Å². The summed E-state index contributed by atoms with van der Waals surface area (Å²) in [5.74, 6) is 0.993. The normalized spacial score (nSPS) is 11.3. The van der Waals surface area contributed by atoms with Crippen LogP contribution in [0.3, 0.4) is 0 Å². The fraction of sp³-hybridized carbons (Fsp3) is 0.440. The van der Waals surface area contributed by atoms with Gasteiger partial charge >= 0.3 is 0 Å². The van der Waals surface area contributed by atoms with E-state index in [1.807, 2.05) is 6.20 Å². The Morgan fingerprint density at radius 1 is 1.03 bits per heavy atom. The number of fused-ring (bicyclic) bond motifs is 1. The lowest BCUT2D eigenvalue weighted by molar-refractivity contribution is 0.296. The number of nitrogens with one attached hydrogen (secondary N) is 1. The zero-order chi connectivity index (χ0) is 21.3. The van der Waals surface area contributed by atoms with Gasteiger partial charge < -0.3 is 15.3 Å². The lowest BCUT2D eigenvalue weighted by atomic mass is 10.1. The van der Waals surface area contributed by atoms with Crippen LogP contribution in [0.4, 0.5) is 5.69 Å². The highest BCUT2D eigenvalue weighted by molar-refractivity contribution is 5.92. The molecule has 0 aliphatic carbocycles. The largest absolute Gasteiger partial charge is 0.508 e. The van der Waals surface area contributed by atoms with Crippen LogP contribution in [0, 0.1) is 6.92 Å². The van der Waals surface area contributed by atoms with E-state index in [1.54, 1.807) is 12.1 Å². The Balaban J connectivity index is 1.61. The highest BCUT2D eigenvalue weighted by Crippen LogP contribution is 2.27. The van der Waals surface area contributed by atoms with Crippen LogP contribution in [0.15, 0.2) is 42.6 Å². The van der Waals surface area contributed by atoms with Gasteiger partial charge in [0.15, 0.2) is 0 Å². The minimum Gasteiger partial charge on any atom is -0.508 e. The number of aryl methyl sites for hydroxylation is 1. The number of rotatable bonds is 11. The number of benzene rings is 2. The van der Waals surface area contributed by atoms with E-state index >= 15 is 0 Å². The molecule has 0 radical (unpaired) electrons. The zero-order valence-electron chi connectivity index (χ0n) is 18.5. The number of aromatic hydroxyl groups is 1. The highest BCUT2D eigenvalue weighted by Gasteiger charge is 2.08. The van der Waals surface area contributed by atoms with Gasteiger partial charge in [-0.1, -0.05) is 50.1 Å². The number of aromatic nitrogens is 2. The van der Waals surface area contributed by atoms with Crippen molar-refractivity contribution in [1.82, 2.24) is 14.9 Å². The predicted molar refractivity (Wildman–Crippen MR) is 125 cm³/mol. The molecular weight excluding hydrogens is 372 g/mol. The molecule has 1 heterocycles. The van der Waals surface area contributed by atoms with Gasteiger partial charge in [-0.2, -0.15) is 0 Å². The number of anilines is 1. The second kappa shape index (κ2) is 10.9. The van der Waals surface area contributed by atoms with Crippen molar-refractivity contribution in [3.63, 3.8) is 0 Å². The van der Waals surface area contributed by atoms with E-state index in [0.717, 1.165) is 48.5 Å². The van der Waals surface area contributed by atoms with Crippen LogP contribution in [0.5, 0.6) is 5.75 Å². The number of phenols is 1. The van der Waals surface area contributed by atoms with Crippen LogP contribution >= 0.6 is 0 Å². The average Bonchev–Trinajstić information content (AvgIpc) is 2.73. The highest BCUT2D eigenvalue weighted by atomic mass is 16.3. The summed E-state index contributed by atoms with van der Waals surface area (Å²) in [5, 5.41) is 14.6. The molecule has 0 fully saturated rings. The van der Waals surface area contributed by atoms with E-state index < -0.39 is 0 Å². The Morgan fingerprint density at radius 2 is 1.87 bits per heavy atom. The quantitative estimate of drug-likeness (QED) is 0.431. The lowest BCUT2D eigenvalue weighted by Gasteiger charge is -2.17. The maximum atomic E-state index is 10.2. The van der Waals surface area contributed by atoms with Crippen LogP contribution in [-0.4, -0.2) is 46.2 Å². The molecule has 0 aliphatic heterocycles. The Morgan fingerprint density at radius 3 is 2.63 bits per heavy atom. The number of nitrogens with zero attached hydrogens (tertiary/aromatic N) is 3. The molecule has 5 nitrogen and oxygen atoms in total. The Kier molecular flexibility index (Phi) is 8.03. The van der Waals surface area contributed by atoms with Gasteiger partial charge in [-0.05, 0) is 45.0 Å². The molecule has 5 heteroatoms. The lowest BCUT2D eigenvalue weighted by Crippen LogP contribution is -2.23. The van der Waals surface area contributed by atoms with Gasteiger partial charge in [0, 0.05) is 42.4 Å². The molecule has 3 rings (SSSR count). The van der Waals surface area contributed by atoms with Crippen molar-refractivity contribution in [2.24, 2.45) is 0 Å². The predicted octanol–water partition coefficient (Wildman–Crippen LogP) is 5.16. The minimum absolute atomic E-state index is 0.228. The van der Waals surface area contributed by atoms with Crippen molar-refractivity contribution in [3.8, 4) is 5.75 Å². The second-order valence-corrected chi connectivity index (χ2v) is 7.89. The van der Waals surface area contributed by atoms with Crippen molar-refractivity contribution in [2.45, 2.75) is 46.5 Å². The molecule has 0 amide bonds. The molecule has 160 valence electrons. The van der Waals surface area contributed by atoms with Crippen molar-refractivity contribution >= 4 is 16.6 Å². The van der Waals surface area contributed by atoms with Gasteiger partial charge in [0.25, 0.3) is 0 Å². The summed E-state index contributed by atoms with van der Waals surface area (Å²) in [6.07, 6.45) is 6.07. The van der Waals surface area contributed by atoms with Crippen molar-refractivity contribution in [1.29, 1.82) is 0 Å². The molecule has 0 aliphatic rings. The third kappa shape index (κ3) is 6.17. The van der Waals surface area contributed by atoms with Crippen LogP contribution in [0.1, 0.15) is 50.1 Å².